The third-order valence-corrected chi connectivity index (χ3v) is 4.50. The maximum atomic E-state index is 12.6. The van der Waals surface area contributed by atoms with Gasteiger partial charge in [0.05, 0.1) is 0 Å². The molecule has 1 aromatic rings. The molecule has 0 N–H and O–H groups in total. The van der Waals surface area contributed by atoms with Crippen LogP contribution >= 0.6 is 15.9 Å². The molecule has 1 aromatic carbocycles. The van der Waals surface area contributed by atoms with Crippen LogP contribution in [0.2, 0.25) is 0 Å². The van der Waals surface area contributed by atoms with Crippen LogP contribution in [0.5, 0.6) is 0 Å². The summed E-state index contributed by atoms with van der Waals surface area (Å²) in [4.78, 5) is 12.6. The van der Waals surface area contributed by atoms with Crippen LogP contribution in [0.1, 0.15) is 44.6 Å². The quantitative estimate of drug-likeness (QED) is 0.760. The summed E-state index contributed by atoms with van der Waals surface area (Å²) in [6.07, 6.45) is 6.30. The maximum Gasteiger partial charge on any atom is 0.166 e. The average Bonchev–Trinajstić information content (AvgIpc) is 2.45. The van der Waals surface area contributed by atoms with E-state index < -0.39 is 0 Å². The summed E-state index contributed by atoms with van der Waals surface area (Å²) >= 11 is 3.45. The van der Waals surface area contributed by atoms with E-state index >= 15 is 0 Å². The van der Waals surface area contributed by atoms with Gasteiger partial charge in [0.25, 0.3) is 0 Å². The first kappa shape index (κ1) is 15.7. The number of Topliss-reactive ketones (excluding diaryl/α,β-unsaturated/α-hetero) is 1. The lowest BCUT2D eigenvalue weighted by Gasteiger charge is -2.29. The second-order valence-electron chi connectivity index (χ2n) is 5.55. The van der Waals surface area contributed by atoms with Crippen LogP contribution in [-0.4, -0.2) is 18.5 Å². The fraction of sp³-hybridized carbons (Fsp3) is 0.588. The first-order valence-electron chi connectivity index (χ1n) is 7.59. The van der Waals surface area contributed by atoms with Gasteiger partial charge in [0.2, 0.25) is 0 Å². The highest BCUT2D eigenvalue weighted by Crippen LogP contribution is 2.29. The molecule has 1 saturated carbocycles. The molecule has 1 atom stereocenters. The highest BCUT2D eigenvalue weighted by Gasteiger charge is 2.29. The topological polar surface area (TPSA) is 26.3 Å². The molecule has 3 heteroatoms. The van der Waals surface area contributed by atoms with Crippen molar-refractivity contribution < 1.29 is 9.53 Å². The zero-order chi connectivity index (χ0) is 14.4. The number of rotatable bonds is 6. The van der Waals surface area contributed by atoms with Crippen molar-refractivity contribution >= 4 is 21.7 Å². The molecule has 0 heterocycles. The van der Waals surface area contributed by atoms with E-state index in [9.17, 15) is 4.79 Å². The lowest BCUT2D eigenvalue weighted by molar-refractivity contribution is -0.134. The Morgan fingerprint density at radius 1 is 1.35 bits per heavy atom. The third kappa shape index (κ3) is 4.42. The normalized spacial score (nSPS) is 17.9. The molecule has 0 bridgehead atoms. The monoisotopic (exact) mass is 338 g/mol. The average molecular weight is 339 g/mol. The molecular formula is C17H23BrO2. The molecule has 1 fully saturated rings. The molecule has 2 rings (SSSR count). The molecule has 1 unspecified atom stereocenters. The molecule has 20 heavy (non-hydrogen) atoms. The number of hydrogen-bond donors (Lipinski definition) is 0. The van der Waals surface area contributed by atoms with E-state index in [1.807, 2.05) is 31.2 Å². The Hall–Kier alpha value is -0.670. The standard InChI is InChI=1S/C17H23BrO2/c1-2-20-17(14-8-4-3-5-9-14)16(19)12-13-7-6-10-15(18)11-13/h6-7,10-11,14,17H,2-5,8-9,12H2,1H3. The van der Waals surface area contributed by atoms with Crippen molar-refractivity contribution in [2.75, 3.05) is 6.61 Å². The van der Waals surface area contributed by atoms with Crippen LogP contribution in [0.4, 0.5) is 0 Å². The van der Waals surface area contributed by atoms with Crippen molar-refractivity contribution in [3.8, 4) is 0 Å². The number of halogens is 1. The van der Waals surface area contributed by atoms with Crippen LogP contribution < -0.4 is 0 Å². The largest absolute Gasteiger partial charge is 0.370 e. The molecule has 0 aliphatic heterocycles. The van der Waals surface area contributed by atoms with E-state index in [0.29, 0.717) is 18.9 Å². The Labute approximate surface area is 130 Å². The van der Waals surface area contributed by atoms with Crippen molar-refractivity contribution in [3.63, 3.8) is 0 Å². The van der Waals surface area contributed by atoms with E-state index in [-0.39, 0.29) is 11.9 Å². The lowest BCUT2D eigenvalue weighted by atomic mass is 9.82. The first-order valence-corrected chi connectivity index (χ1v) is 8.38. The number of hydrogen-bond acceptors (Lipinski definition) is 2. The second-order valence-corrected chi connectivity index (χ2v) is 6.46. The maximum absolute atomic E-state index is 12.6. The lowest BCUT2D eigenvalue weighted by Crippen LogP contribution is -2.35. The molecule has 110 valence electrons. The number of carbonyl (C=O) groups excluding carboxylic acids is 1. The number of carbonyl (C=O) groups is 1. The summed E-state index contributed by atoms with van der Waals surface area (Å²) in [5.74, 6) is 0.653. The number of ketones is 1. The number of benzene rings is 1. The van der Waals surface area contributed by atoms with E-state index in [4.69, 9.17) is 4.74 Å². The molecule has 0 spiro atoms. The predicted molar refractivity (Wildman–Crippen MR) is 84.8 cm³/mol. The van der Waals surface area contributed by atoms with Gasteiger partial charge >= 0.3 is 0 Å². The van der Waals surface area contributed by atoms with E-state index in [1.54, 1.807) is 0 Å². The van der Waals surface area contributed by atoms with Gasteiger partial charge in [-0.25, -0.2) is 0 Å². The Morgan fingerprint density at radius 3 is 2.75 bits per heavy atom. The minimum Gasteiger partial charge on any atom is -0.370 e. The minimum absolute atomic E-state index is 0.209. The zero-order valence-corrected chi connectivity index (χ0v) is 13.7. The highest BCUT2D eigenvalue weighted by molar-refractivity contribution is 9.10. The fourth-order valence-corrected chi connectivity index (χ4v) is 3.50. The zero-order valence-electron chi connectivity index (χ0n) is 12.1. The summed E-state index contributed by atoms with van der Waals surface area (Å²) < 4.78 is 6.81. The molecule has 1 aliphatic carbocycles. The molecule has 0 aromatic heterocycles. The molecular weight excluding hydrogens is 316 g/mol. The van der Waals surface area contributed by atoms with Gasteiger partial charge in [-0.1, -0.05) is 47.3 Å². The smallest absolute Gasteiger partial charge is 0.166 e. The van der Waals surface area contributed by atoms with Crippen LogP contribution in [0.3, 0.4) is 0 Å². The Balaban J connectivity index is 2.02. The van der Waals surface area contributed by atoms with Gasteiger partial charge in [0.15, 0.2) is 5.78 Å². The highest BCUT2D eigenvalue weighted by atomic mass is 79.9. The molecule has 1 aliphatic rings. The van der Waals surface area contributed by atoms with Crippen LogP contribution in [0.25, 0.3) is 0 Å². The molecule has 2 nitrogen and oxygen atoms in total. The Bertz CT molecular complexity index is 438. The van der Waals surface area contributed by atoms with E-state index in [1.165, 1.54) is 19.3 Å². The first-order chi connectivity index (χ1) is 9.70. The Kier molecular flexibility index (Phi) is 6.24. The Morgan fingerprint density at radius 2 is 2.10 bits per heavy atom. The molecule has 0 saturated heterocycles. The van der Waals surface area contributed by atoms with Gasteiger partial charge in [-0.15, -0.1) is 0 Å². The van der Waals surface area contributed by atoms with Crippen molar-refractivity contribution in [2.24, 2.45) is 5.92 Å². The fourth-order valence-electron chi connectivity index (χ4n) is 3.06. The van der Waals surface area contributed by atoms with Crippen molar-refractivity contribution in [1.29, 1.82) is 0 Å². The van der Waals surface area contributed by atoms with E-state index in [0.717, 1.165) is 22.9 Å². The van der Waals surface area contributed by atoms with Gasteiger partial charge in [0, 0.05) is 17.5 Å². The third-order valence-electron chi connectivity index (χ3n) is 4.01. The summed E-state index contributed by atoms with van der Waals surface area (Å²) in [6.45, 7) is 2.59. The second kappa shape index (κ2) is 7.94. The summed E-state index contributed by atoms with van der Waals surface area (Å²) in [6, 6.07) is 7.98. The van der Waals surface area contributed by atoms with Gasteiger partial charge in [-0.2, -0.15) is 0 Å². The molecule has 0 radical (unpaired) electrons. The van der Waals surface area contributed by atoms with Gasteiger partial charge < -0.3 is 4.74 Å². The molecule has 0 amide bonds. The van der Waals surface area contributed by atoms with E-state index in [2.05, 4.69) is 15.9 Å². The minimum atomic E-state index is -0.209. The van der Waals surface area contributed by atoms with Crippen LogP contribution in [-0.2, 0) is 16.0 Å². The SMILES string of the molecule is CCOC(C(=O)Cc1cccc(Br)c1)C1CCCCC1. The van der Waals surface area contributed by atoms with Crippen molar-refractivity contribution in [1.82, 2.24) is 0 Å². The van der Waals surface area contributed by atoms with Gasteiger partial charge in [-0.3, -0.25) is 4.79 Å². The summed E-state index contributed by atoms with van der Waals surface area (Å²) in [5.41, 5.74) is 1.06. The van der Waals surface area contributed by atoms with Crippen LogP contribution in [0, 0.1) is 5.92 Å². The van der Waals surface area contributed by atoms with Crippen LogP contribution in [0.15, 0.2) is 28.7 Å². The van der Waals surface area contributed by atoms with Crippen molar-refractivity contribution in [2.45, 2.75) is 51.6 Å². The predicted octanol–water partition coefficient (Wildman–Crippen LogP) is 4.55. The summed E-state index contributed by atoms with van der Waals surface area (Å²) in [5, 5.41) is 0. The number of ether oxygens (including phenoxy) is 1. The van der Waals surface area contributed by atoms with Gasteiger partial charge in [0.1, 0.15) is 6.10 Å². The van der Waals surface area contributed by atoms with Crippen molar-refractivity contribution in [3.05, 3.63) is 34.3 Å². The van der Waals surface area contributed by atoms with Gasteiger partial charge in [-0.05, 0) is 43.4 Å². The summed E-state index contributed by atoms with van der Waals surface area (Å²) in [7, 11) is 0.